The van der Waals surface area contributed by atoms with Crippen LogP contribution in [0.15, 0.2) is 47.8 Å². The third-order valence-electron chi connectivity index (χ3n) is 4.69. The fraction of sp³-hybridized carbons (Fsp3) is 0.190. The number of aliphatic imine (C=N–C) groups is 1. The van der Waals surface area contributed by atoms with Crippen molar-refractivity contribution in [2.45, 2.75) is 13.3 Å². The molecule has 0 aliphatic rings. The first-order valence-electron chi connectivity index (χ1n) is 9.12. The Labute approximate surface area is 166 Å². The van der Waals surface area contributed by atoms with Gasteiger partial charge in [-0.25, -0.2) is 9.38 Å². The Hall–Kier alpha value is -3.68. The molecule has 8 heteroatoms. The second kappa shape index (κ2) is 7.38. The molecule has 4 rings (SSSR count). The topological polar surface area (TPSA) is 88.3 Å². The molecule has 0 fully saturated rings. The summed E-state index contributed by atoms with van der Waals surface area (Å²) in [6.45, 7) is 1.95. The molecule has 0 atom stereocenters. The molecule has 1 aromatic carbocycles. The number of halogens is 1. The zero-order valence-corrected chi connectivity index (χ0v) is 16.3. The lowest BCUT2D eigenvalue weighted by Crippen LogP contribution is -1.99. The zero-order valence-electron chi connectivity index (χ0n) is 16.3. The van der Waals surface area contributed by atoms with Gasteiger partial charge in [-0.05, 0) is 24.6 Å². The van der Waals surface area contributed by atoms with Crippen LogP contribution < -0.4 is 4.74 Å². The number of methoxy groups -OCH3 is 1. The number of aromatic hydroxyl groups is 1. The van der Waals surface area contributed by atoms with Crippen LogP contribution in [-0.2, 0) is 7.05 Å². The van der Waals surface area contributed by atoms with Crippen LogP contribution in [0.25, 0.3) is 22.2 Å². The Kier molecular flexibility index (Phi) is 4.75. The molecule has 148 valence electrons. The first kappa shape index (κ1) is 18.7. The number of nitrogens with one attached hydrogen (secondary N) is 1. The number of fused-ring (bicyclic) bond motifs is 1. The number of rotatable bonds is 5. The molecule has 0 saturated carbocycles. The minimum absolute atomic E-state index is 0.0102. The van der Waals surface area contributed by atoms with E-state index in [0.29, 0.717) is 45.7 Å². The van der Waals surface area contributed by atoms with Crippen LogP contribution in [0.4, 0.5) is 10.1 Å². The molecule has 0 bridgehead atoms. The fourth-order valence-electron chi connectivity index (χ4n) is 3.36. The lowest BCUT2D eigenvalue weighted by atomic mass is 10.0. The fourth-order valence-corrected chi connectivity index (χ4v) is 3.36. The lowest BCUT2D eigenvalue weighted by Gasteiger charge is -2.09. The molecule has 2 N–H and O–H groups in total. The van der Waals surface area contributed by atoms with Gasteiger partial charge in [0, 0.05) is 12.4 Å². The molecule has 3 aromatic heterocycles. The van der Waals surface area contributed by atoms with Gasteiger partial charge in [-0.2, -0.15) is 5.10 Å². The third-order valence-corrected chi connectivity index (χ3v) is 4.69. The number of nitrogens with zero attached hydrogens (tertiary/aromatic N) is 4. The monoisotopic (exact) mass is 393 g/mol. The van der Waals surface area contributed by atoms with Crippen molar-refractivity contribution in [3.8, 4) is 22.9 Å². The smallest absolute Gasteiger partial charge is 0.198 e. The maximum Gasteiger partial charge on any atom is 0.198 e. The van der Waals surface area contributed by atoms with Gasteiger partial charge in [0.15, 0.2) is 5.88 Å². The summed E-state index contributed by atoms with van der Waals surface area (Å²) in [4.78, 5) is 11.9. The van der Waals surface area contributed by atoms with Crippen molar-refractivity contribution in [1.29, 1.82) is 0 Å². The number of hydrogen-bond donors (Lipinski definition) is 2. The van der Waals surface area contributed by atoms with E-state index in [-0.39, 0.29) is 11.4 Å². The Balaban J connectivity index is 1.91. The zero-order chi connectivity index (χ0) is 20.5. The number of aryl methyl sites for hydroxylation is 1. The standard InChI is InChI=1S/C21H20FN5O2/c1-4-15(25-12-9-24-27(2)11-12)19-13-8-16(23-10-17(13)26-21(19)28)20-14(22)6-5-7-18(20)29-3/h5-11,26,28H,4H2,1-3H3. The molecule has 0 aliphatic heterocycles. The summed E-state index contributed by atoms with van der Waals surface area (Å²) in [7, 11) is 3.30. The third kappa shape index (κ3) is 3.33. The average Bonchev–Trinajstić information content (AvgIpc) is 3.27. The largest absolute Gasteiger partial charge is 0.496 e. The number of pyridine rings is 1. The van der Waals surface area contributed by atoms with Crippen molar-refractivity contribution >= 4 is 22.3 Å². The van der Waals surface area contributed by atoms with E-state index in [2.05, 4.69) is 20.1 Å². The molecule has 0 saturated heterocycles. The SMILES string of the molecule is CCC(=Nc1cnn(C)c1)c1c(O)[nH]c2cnc(-c3c(F)cccc3OC)cc12. The molecule has 0 radical (unpaired) electrons. The van der Waals surface area contributed by atoms with Gasteiger partial charge in [0.1, 0.15) is 17.3 Å². The summed E-state index contributed by atoms with van der Waals surface area (Å²) in [5.74, 6) is -0.0564. The molecule has 7 nitrogen and oxygen atoms in total. The van der Waals surface area contributed by atoms with Gasteiger partial charge >= 0.3 is 0 Å². The first-order chi connectivity index (χ1) is 14.0. The van der Waals surface area contributed by atoms with Crippen LogP contribution in [-0.4, -0.2) is 37.7 Å². The highest BCUT2D eigenvalue weighted by Crippen LogP contribution is 2.36. The summed E-state index contributed by atoms with van der Waals surface area (Å²) >= 11 is 0. The first-order valence-corrected chi connectivity index (χ1v) is 9.12. The number of aromatic nitrogens is 4. The molecule has 0 amide bonds. The van der Waals surface area contributed by atoms with E-state index in [4.69, 9.17) is 4.74 Å². The predicted molar refractivity (Wildman–Crippen MR) is 109 cm³/mol. The maximum atomic E-state index is 14.5. The van der Waals surface area contributed by atoms with E-state index in [1.54, 1.807) is 41.5 Å². The van der Waals surface area contributed by atoms with Crippen molar-refractivity contribution in [2.24, 2.45) is 12.0 Å². The number of benzene rings is 1. The van der Waals surface area contributed by atoms with Gasteiger partial charge < -0.3 is 14.8 Å². The summed E-state index contributed by atoms with van der Waals surface area (Å²) in [6, 6.07) is 6.36. The summed E-state index contributed by atoms with van der Waals surface area (Å²) < 4.78 is 21.5. The van der Waals surface area contributed by atoms with Gasteiger partial charge in [-0.3, -0.25) is 9.67 Å². The predicted octanol–water partition coefficient (Wildman–Crippen LogP) is 4.35. The van der Waals surface area contributed by atoms with Crippen LogP contribution >= 0.6 is 0 Å². The number of H-pyrrole nitrogens is 1. The van der Waals surface area contributed by atoms with Crippen LogP contribution in [0.2, 0.25) is 0 Å². The number of ether oxygens (including phenoxy) is 1. The number of hydrogen-bond acceptors (Lipinski definition) is 5. The van der Waals surface area contributed by atoms with Crippen molar-refractivity contribution in [3.63, 3.8) is 0 Å². The van der Waals surface area contributed by atoms with Gasteiger partial charge in [0.25, 0.3) is 0 Å². The molecule has 3 heterocycles. The lowest BCUT2D eigenvalue weighted by molar-refractivity contribution is 0.413. The molecule has 0 unspecified atom stereocenters. The van der Waals surface area contributed by atoms with Gasteiger partial charge in [0.2, 0.25) is 0 Å². The van der Waals surface area contributed by atoms with E-state index in [1.807, 2.05) is 14.0 Å². The Morgan fingerprint density at radius 3 is 2.86 bits per heavy atom. The van der Waals surface area contributed by atoms with Crippen molar-refractivity contribution in [3.05, 3.63) is 54.2 Å². The Morgan fingerprint density at radius 2 is 2.17 bits per heavy atom. The minimum atomic E-state index is -0.433. The molecular formula is C21H20FN5O2. The molecule has 0 spiro atoms. The Morgan fingerprint density at radius 1 is 1.34 bits per heavy atom. The maximum absolute atomic E-state index is 14.5. The van der Waals surface area contributed by atoms with Crippen LogP contribution in [0.5, 0.6) is 11.6 Å². The summed E-state index contributed by atoms with van der Waals surface area (Å²) in [6.07, 6.45) is 5.59. The highest BCUT2D eigenvalue weighted by Gasteiger charge is 2.19. The molecule has 4 aromatic rings. The normalized spacial score (nSPS) is 11.9. The highest BCUT2D eigenvalue weighted by atomic mass is 19.1. The van der Waals surface area contributed by atoms with Crippen molar-refractivity contribution < 1.29 is 14.2 Å². The van der Waals surface area contributed by atoms with E-state index in [0.717, 1.165) is 0 Å². The summed E-state index contributed by atoms with van der Waals surface area (Å²) in [5.41, 5.74) is 3.23. The number of aromatic amines is 1. The van der Waals surface area contributed by atoms with Crippen molar-refractivity contribution in [2.75, 3.05) is 7.11 Å². The van der Waals surface area contributed by atoms with Gasteiger partial charge in [0.05, 0.1) is 53.7 Å². The second-order valence-corrected chi connectivity index (χ2v) is 6.57. The van der Waals surface area contributed by atoms with Crippen LogP contribution in [0.1, 0.15) is 18.9 Å². The van der Waals surface area contributed by atoms with E-state index in [1.165, 1.54) is 13.2 Å². The Bertz CT molecular complexity index is 1230. The average molecular weight is 393 g/mol. The van der Waals surface area contributed by atoms with Crippen LogP contribution in [0, 0.1) is 5.82 Å². The quantitative estimate of drug-likeness (QED) is 0.494. The minimum Gasteiger partial charge on any atom is -0.496 e. The highest BCUT2D eigenvalue weighted by molar-refractivity contribution is 6.14. The van der Waals surface area contributed by atoms with Crippen LogP contribution in [0.3, 0.4) is 0 Å². The second-order valence-electron chi connectivity index (χ2n) is 6.57. The van der Waals surface area contributed by atoms with Crippen molar-refractivity contribution in [1.82, 2.24) is 19.7 Å². The summed E-state index contributed by atoms with van der Waals surface area (Å²) in [5, 5.41) is 15.4. The van der Waals surface area contributed by atoms with Gasteiger partial charge in [-0.15, -0.1) is 0 Å². The van der Waals surface area contributed by atoms with Gasteiger partial charge in [-0.1, -0.05) is 13.0 Å². The van der Waals surface area contributed by atoms with E-state index >= 15 is 0 Å². The molecule has 0 aliphatic carbocycles. The molecule has 29 heavy (non-hydrogen) atoms. The van der Waals surface area contributed by atoms with E-state index < -0.39 is 5.82 Å². The molecular weight excluding hydrogens is 373 g/mol. The van der Waals surface area contributed by atoms with E-state index in [9.17, 15) is 9.50 Å².